The van der Waals surface area contributed by atoms with Crippen LogP contribution in [0, 0.1) is 6.92 Å². The molecule has 0 atom stereocenters. The lowest BCUT2D eigenvalue weighted by Gasteiger charge is -2.36. The van der Waals surface area contributed by atoms with Crippen LogP contribution in [-0.2, 0) is 6.54 Å². The molecule has 7 heteroatoms. The van der Waals surface area contributed by atoms with E-state index in [9.17, 15) is 9.90 Å². The van der Waals surface area contributed by atoms with Gasteiger partial charge in [-0.05, 0) is 60.5 Å². The first-order valence-corrected chi connectivity index (χ1v) is 12.0. The van der Waals surface area contributed by atoms with Crippen LogP contribution >= 0.6 is 11.6 Å². The van der Waals surface area contributed by atoms with Gasteiger partial charge in [-0.1, -0.05) is 29.8 Å². The van der Waals surface area contributed by atoms with Crippen LogP contribution in [0.5, 0.6) is 11.5 Å². The van der Waals surface area contributed by atoms with E-state index in [-0.39, 0.29) is 5.75 Å². The van der Waals surface area contributed by atoms with Crippen molar-refractivity contribution in [1.82, 2.24) is 4.90 Å². The predicted octanol–water partition coefficient (Wildman–Crippen LogP) is 5.46. The fourth-order valence-corrected chi connectivity index (χ4v) is 4.95. The Morgan fingerprint density at radius 3 is 2.46 bits per heavy atom. The number of piperazine rings is 1. The van der Waals surface area contributed by atoms with E-state index in [1.807, 2.05) is 55.5 Å². The van der Waals surface area contributed by atoms with Crippen LogP contribution in [0.4, 0.5) is 5.69 Å². The molecule has 2 heterocycles. The SMILES string of the molecule is COc1ccc(-c2c(C)c3ccc(O)c(CN4CCN(c5cccc(Cl)c5)CC4)c3oc2=O)cc1. The Bertz CT molecular complexity index is 1420. The van der Waals surface area contributed by atoms with Gasteiger partial charge in [-0.15, -0.1) is 0 Å². The summed E-state index contributed by atoms with van der Waals surface area (Å²) in [5, 5.41) is 12.2. The van der Waals surface area contributed by atoms with Crippen LogP contribution in [0.15, 0.2) is 69.9 Å². The summed E-state index contributed by atoms with van der Waals surface area (Å²) in [7, 11) is 1.61. The predicted molar refractivity (Wildman–Crippen MR) is 140 cm³/mol. The van der Waals surface area contributed by atoms with E-state index in [0.29, 0.717) is 23.3 Å². The smallest absolute Gasteiger partial charge is 0.344 e. The molecule has 5 rings (SSSR count). The number of rotatable bonds is 5. The molecule has 3 aromatic carbocycles. The fourth-order valence-electron chi connectivity index (χ4n) is 4.77. The Morgan fingerprint density at radius 2 is 1.77 bits per heavy atom. The lowest BCUT2D eigenvalue weighted by molar-refractivity contribution is 0.246. The first-order valence-electron chi connectivity index (χ1n) is 11.6. The number of fused-ring (bicyclic) bond motifs is 1. The number of aryl methyl sites for hydroxylation is 1. The van der Waals surface area contributed by atoms with Gasteiger partial charge in [0.15, 0.2) is 0 Å². The molecule has 0 amide bonds. The molecular formula is C28H27ClN2O4. The number of phenolic OH excluding ortho intramolecular Hbond substituents is 1. The summed E-state index contributed by atoms with van der Waals surface area (Å²) in [6, 6.07) is 18.7. The van der Waals surface area contributed by atoms with E-state index in [4.69, 9.17) is 20.8 Å². The summed E-state index contributed by atoms with van der Waals surface area (Å²) in [6.07, 6.45) is 0. The highest BCUT2D eigenvalue weighted by Crippen LogP contribution is 2.34. The van der Waals surface area contributed by atoms with Crippen molar-refractivity contribution in [3.8, 4) is 22.6 Å². The van der Waals surface area contributed by atoms with Gasteiger partial charge in [0.2, 0.25) is 0 Å². The molecule has 0 saturated carbocycles. The van der Waals surface area contributed by atoms with E-state index in [0.717, 1.165) is 59.2 Å². The van der Waals surface area contributed by atoms with Gasteiger partial charge < -0.3 is 19.2 Å². The summed E-state index contributed by atoms with van der Waals surface area (Å²) in [6.45, 7) is 5.73. The minimum Gasteiger partial charge on any atom is -0.507 e. The topological polar surface area (TPSA) is 66.2 Å². The molecule has 1 saturated heterocycles. The van der Waals surface area contributed by atoms with E-state index < -0.39 is 5.63 Å². The third-order valence-electron chi connectivity index (χ3n) is 6.72. The van der Waals surface area contributed by atoms with Gasteiger partial charge in [0.25, 0.3) is 0 Å². The Labute approximate surface area is 208 Å². The molecule has 1 aliphatic heterocycles. The average Bonchev–Trinajstić information content (AvgIpc) is 2.87. The van der Waals surface area contributed by atoms with Gasteiger partial charge in [0, 0.05) is 48.8 Å². The minimum atomic E-state index is -0.419. The molecule has 6 nitrogen and oxygen atoms in total. The van der Waals surface area contributed by atoms with Crippen molar-refractivity contribution in [1.29, 1.82) is 0 Å². The van der Waals surface area contributed by atoms with Gasteiger partial charge >= 0.3 is 5.63 Å². The van der Waals surface area contributed by atoms with Crippen molar-refractivity contribution in [2.75, 3.05) is 38.2 Å². The molecule has 35 heavy (non-hydrogen) atoms. The molecule has 0 bridgehead atoms. The molecule has 0 spiro atoms. The molecule has 180 valence electrons. The molecule has 0 radical (unpaired) electrons. The highest BCUT2D eigenvalue weighted by molar-refractivity contribution is 6.30. The van der Waals surface area contributed by atoms with Crippen LogP contribution in [-0.4, -0.2) is 43.3 Å². The summed E-state index contributed by atoms with van der Waals surface area (Å²) < 4.78 is 11.1. The van der Waals surface area contributed by atoms with E-state index in [1.54, 1.807) is 13.2 Å². The fraction of sp³-hybridized carbons (Fsp3) is 0.250. The van der Waals surface area contributed by atoms with Crippen molar-refractivity contribution in [2.45, 2.75) is 13.5 Å². The van der Waals surface area contributed by atoms with Gasteiger partial charge in [0.05, 0.1) is 18.2 Å². The number of halogens is 1. The molecule has 1 fully saturated rings. The highest BCUT2D eigenvalue weighted by atomic mass is 35.5. The Hall–Kier alpha value is -3.48. The lowest BCUT2D eigenvalue weighted by atomic mass is 9.97. The average molecular weight is 491 g/mol. The second-order valence-corrected chi connectivity index (χ2v) is 9.24. The quantitative estimate of drug-likeness (QED) is 0.375. The van der Waals surface area contributed by atoms with Gasteiger partial charge in [0.1, 0.15) is 17.1 Å². The number of hydrogen-bond acceptors (Lipinski definition) is 6. The molecule has 1 aliphatic rings. The minimum absolute atomic E-state index is 0.134. The first-order chi connectivity index (χ1) is 16.9. The number of methoxy groups -OCH3 is 1. The van der Waals surface area contributed by atoms with Crippen molar-refractivity contribution in [3.63, 3.8) is 0 Å². The standard InChI is InChI=1S/C28H27ClN2O4/c1-18-23-10-11-25(32)24(17-30-12-14-31(15-13-30)21-5-3-4-20(29)16-21)27(23)35-28(33)26(18)19-6-8-22(34-2)9-7-19/h3-11,16,32H,12-15,17H2,1-2H3. The Kier molecular flexibility index (Phi) is 6.41. The molecule has 0 aliphatic carbocycles. The van der Waals surface area contributed by atoms with Crippen LogP contribution < -0.4 is 15.3 Å². The number of anilines is 1. The number of benzene rings is 3. The van der Waals surface area contributed by atoms with Crippen molar-refractivity contribution >= 4 is 28.3 Å². The summed E-state index contributed by atoms with van der Waals surface area (Å²) in [4.78, 5) is 17.6. The Balaban J connectivity index is 1.43. The van der Waals surface area contributed by atoms with E-state index in [2.05, 4.69) is 15.9 Å². The third kappa shape index (κ3) is 4.59. The summed E-state index contributed by atoms with van der Waals surface area (Å²) >= 11 is 6.16. The van der Waals surface area contributed by atoms with Crippen molar-refractivity contribution in [3.05, 3.63) is 87.2 Å². The zero-order valence-corrected chi connectivity index (χ0v) is 20.5. The maximum Gasteiger partial charge on any atom is 0.344 e. The number of aromatic hydroxyl groups is 1. The van der Waals surface area contributed by atoms with E-state index in [1.165, 1.54) is 0 Å². The maximum absolute atomic E-state index is 13.1. The number of nitrogens with zero attached hydrogens (tertiary/aromatic N) is 2. The summed E-state index contributed by atoms with van der Waals surface area (Å²) in [5.74, 6) is 0.855. The number of phenols is 1. The molecule has 4 aromatic rings. The van der Waals surface area contributed by atoms with Crippen LogP contribution in [0.1, 0.15) is 11.1 Å². The normalized spacial score (nSPS) is 14.4. The lowest BCUT2D eigenvalue weighted by Crippen LogP contribution is -2.46. The van der Waals surface area contributed by atoms with Crippen LogP contribution in [0.25, 0.3) is 22.1 Å². The van der Waals surface area contributed by atoms with Crippen LogP contribution in [0.3, 0.4) is 0 Å². The summed E-state index contributed by atoms with van der Waals surface area (Å²) in [5.41, 5.74) is 3.89. The molecule has 1 N–H and O–H groups in total. The molecule has 1 aromatic heterocycles. The van der Waals surface area contributed by atoms with Crippen LogP contribution in [0.2, 0.25) is 5.02 Å². The van der Waals surface area contributed by atoms with E-state index >= 15 is 0 Å². The maximum atomic E-state index is 13.1. The van der Waals surface area contributed by atoms with Gasteiger partial charge in [-0.3, -0.25) is 4.90 Å². The highest BCUT2D eigenvalue weighted by Gasteiger charge is 2.22. The largest absolute Gasteiger partial charge is 0.507 e. The van der Waals surface area contributed by atoms with Gasteiger partial charge in [-0.25, -0.2) is 4.79 Å². The molecular weight excluding hydrogens is 464 g/mol. The second-order valence-electron chi connectivity index (χ2n) is 8.80. The first kappa shape index (κ1) is 23.3. The number of hydrogen-bond donors (Lipinski definition) is 1. The second kappa shape index (κ2) is 9.64. The number of ether oxygens (including phenoxy) is 1. The van der Waals surface area contributed by atoms with Gasteiger partial charge in [-0.2, -0.15) is 0 Å². The van der Waals surface area contributed by atoms with Crippen molar-refractivity contribution in [2.24, 2.45) is 0 Å². The third-order valence-corrected chi connectivity index (χ3v) is 6.95. The van der Waals surface area contributed by atoms with Crippen molar-refractivity contribution < 1.29 is 14.3 Å². The monoisotopic (exact) mass is 490 g/mol. The zero-order valence-electron chi connectivity index (χ0n) is 19.8. The molecule has 0 unspecified atom stereocenters. The Morgan fingerprint density at radius 1 is 1.03 bits per heavy atom. The zero-order chi connectivity index (χ0) is 24.5.